The van der Waals surface area contributed by atoms with E-state index in [1.54, 1.807) is 0 Å². The fourth-order valence-corrected chi connectivity index (χ4v) is 2.88. The molecule has 104 valence electrons. The molecule has 2 N–H and O–H groups in total. The Kier molecular flexibility index (Phi) is 3.54. The zero-order chi connectivity index (χ0) is 14.2. The van der Waals surface area contributed by atoms with E-state index in [2.05, 4.69) is 55.4 Å². The molecule has 1 heterocycles. The van der Waals surface area contributed by atoms with Gasteiger partial charge in [-0.2, -0.15) is 0 Å². The minimum Gasteiger partial charge on any atom is -0.369 e. The first kappa shape index (κ1) is 13.9. The number of para-hydroxylation sites is 1. The Hall–Kier alpha value is -1.55. The van der Waals surface area contributed by atoms with Crippen molar-refractivity contribution >= 4 is 17.0 Å². The van der Waals surface area contributed by atoms with E-state index in [0.29, 0.717) is 5.95 Å². The number of nitrogens with zero attached hydrogens (tertiary/aromatic N) is 3. The van der Waals surface area contributed by atoms with Crippen LogP contribution < -0.4 is 5.73 Å². The lowest BCUT2D eigenvalue weighted by Crippen LogP contribution is -2.32. The first-order valence-electron chi connectivity index (χ1n) is 6.66. The lowest BCUT2D eigenvalue weighted by atomic mass is 9.92. The Morgan fingerprint density at radius 2 is 2.00 bits per heavy atom. The van der Waals surface area contributed by atoms with Crippen LogP contribution in [0, 0.1) is 12.3 Å². The maximum atomic E-state index is 6.10. The smallest absolute Gasteiger partial charge is 0.201 e. The number of aromatic nitrogens is 2. The number of aryl methyl sites for hydroxylation is 1. The van der Waals surface area contributed by atoms with Gasteiger partial charge in [0.05, 0.1) is 11.0 Å². The normalized spacial score (nSPS) is 12.5. The second-order valence-electron chi connectivity index (χ2n) is 6.40. The van der Waals surface area contributed by atoms with E-state index in [0.717, 1.165) is 24.1 Å². The van der Waals surface area contributed by atoms with Crippen molar-refractivity contribution < 1.29 is 0 Å². The van der Waals surface area contributed by atoms with E-state index in [1.807, 2.05) is 12.1 Å². The van der Waals surface area contributed by atoms with Gasteiger partial charge in [0.2, 0.25) is 5.95 Å². The zero-order valence-electron chi connectivity index (χ0n) is 12.6. The molecule has 0 saturated heterocycles. The van der Waals surface area contributed by atoms with Crippen molar-refractivity contribution in [3.8, 4) is 0 Å². The molecule has 0 aliphatic heterocycles. The number of nitrogens with two attached hydrogens (primary N) is 1. The van der Waals surface area contributed by atoms with E-state index >= 15 is 0 Å². The van der Waals surface area contributed by atoms with E-state index in [-0.39, 0.29) is 5.41 Å². The lowest BCUT2D eigenvalue weighted by molar-refractivity contribution is 0.214. The Bertz CT molecular complexity index is 581. The zero-order valence-corrected chi connectivity index (χ0v) is 12.6. The third kappa shape index (κ3) is 2.89. The number of imidazole rings is 1. The molecule has 0 amide bonds. The van der Waals surface area contributed by atoms with Gasteiger partial charge >= 0.3 is 0 Å². The van der Waals surface area contributed by atoms with Crippen molar-refractivity contribution in [2.75, 3.05) is 26.4 Å². The summed E-state index contributed by atoms with van der Waals surface area (Å²) in [5.41, 5.74) is 9.61. The summed E-state index contributed by atoms with van der Waals surface area (Å²) in [6, 6.07) is 6.16. The highest BCUT2D eigenvalue weighted by atomic mass is 15.2. The average molecular weight is 260 g/mol. The molecule has 0 saturated carbocycles. The van der Waals surface area contributed by atoms with Crippen LogP contribution >= 0.6 is 0 Å². The van der Waals surface area contributed by atoms with Gasteiger partial charge in [-0.05, 0) is 38.1 Å². The Morgan fingerprint density at radius 3 is 2.63 bits per heavy atom. The number of fused-ring (bicyclic) bond motifs is 1. The van der Waals surface area contributed by atoms with Gasteiger partial charge in [-0.3, -0.25) is 0 Å². The molecule has 1 aromatic heterocycles. The maximum Gasteiger partial charge on any atom is 0.201 e. The number of benzene rings is 1. The molecular weight excluding hydrogens is 236 g/mol. The number of hydrogen-bond acceptors (Lipinski definition) is 3. The lowest BCUT2D eigenvalue weighted by Gasteiger charge is -2.29. The molecular formula is C15H24N4. The highest BCUT2D eigenvalue weighted by Crippen LogP contribution is 2.27. The molecule has 0 radical (unpaired) electrons. The minimum atomic E-state index is 0.146. The third-order valence-electron chi connectivity index (χ3n) is 3.33. The van der Waals surface area contributed by atoms with E-state index in [1.165, 1.54) is 5.56 Å². The van der Waals surface area contributed by atoms with Crippen LogP contribution in [-0.2, 0) is 6.54 Å². The summed E-state index contributed by atoms with van der Waals surface area (Å²) in [6.45, 7) is 8.52. The fraction of sp³-hybridized carbons (Fsp3) is 0.533. The number of rotatable bonds is 4. The van der Waals surface area contributed by atoms with Crippen LogP contribution in [0.3, 0.4) is 0 Å². The predicted octanol–water partition coefficient (Wildman–Crippen LogP) is 2.51. The van der Waals surface area contributed by atoms with Crippen molar-refractivity contribution in [2.24, 2.45) is 5.41 Å². The molecule has 0 atom stereocenters. The quantitative estimate of drug-likeness (QED) is 0.919. The van der Waals surface area contributed by atoms with Gasteiger partial charge in [0.25, 0.3) is 0 Å². The molecule has 4 heteroatoms. The van der Waals surface area contributed by atoms with Gasteiger partial charge in [0.15, 0.2) is 0 Å². The van der Waals surface area contributed by atoms with Gasteiger partial charge in [-0.1, -0.05) is 26.0 Å². The van der Waals surface area contributed by atoms with Crippen molar-refractivity contribution in [1.29, 1.82) is 0 Å². The number of anilines is 1. The van der Waals surface area contributed by atoms with Crippen molar-refractivity contribution in [2.45, 2.75) is 27.3 Å². The van der Waals surface area contributed by atoms with Crippen molar-refractivity contribution in [3.05, 3.63) is 23.8 Å². The molecule has 0 spiro atoms. The summed E-state index contributed by atoms with van der Waals surface area (Å²) in [7, 11) is 4.20. The monoisotopic (exact) mass is 260 g/mol. The maximum absolute atomic E-state index is 6.10. The SMILES string of the molecule is Cc1cccc2nc(N)n(CC(C)(C)CN(C)C)c12. The fourth-order valence-electron chi connectivity index (χ4n) is 2.88. The van der Waals surface area contributed by atoms with Crippen LogP contribution in [0.15, 0.2) is 18.2 Å². The van der Waals surface area contributed by atoms with E-state index in [4.69, 9.17) is 5.73 Å². The molecule has 0 unspecified atom stereocenters. The highest BCUT2D eigenvalue weighted by Gasteiger charge is 2.22. The van der Waals surface area contributed by atoms with Crippen molar-refractivity contribution in [1.82, 2.24) is 14.5 Å². The summed E-state index contributed by atoms with van der Waals surface area (Å²) in [5, 5.41) is 0. The highest BCUT2D eigenvalue weighted by molar-refractivity contribution is 5.81. The topological polar surface area (TPSA) is 47.1 Å². The summed E-state index contributed by atoms with van der Waals surface area (Å²) in [5.74, 6) is 0.608. The predicted molar refractivity (Wildman–Crippen MR) is 81.2 cm³/mol. The van der Waals surface area contributed by atoms with Crippen LogP contribution in [0.1, 0.15) is 19.4 Å². The van der Waals surface area contributed by atoms with Crippen molar-refractivity contribution in [3.63, 3.8) is 0 Å². The number of hydrogen-bond donors (Lipinski definition) is 1. The molecule has 2 aromatic rings. The van der Waals surface area contributed by atoms with Gasteiger partial charge in [0, 0.05) is 13.1 Å². The van der Waals surface area contributed by atoms with Gasteiger partial charge < -0.3 is 15.2 Å². The van der Waals surface area contributed by atoms with Crippen LogP contribution in [0.5, 0.6) is 0 Å². The molecule has 0 bridgehead atoms. The summed E-state index contributed by atoms with van der Waals surface area (Å²) in [6.07, 6.45) is 0. The molecule has 0 aliphatic carbocycles. The van der Waals surface area contributed by atoms with Crippen LogP contribution in [-0.4, -0.2) is 35.1 Å². The second-order valence-corrected chi connectivity index (χ2v) is 6.40. The Morgan fingerprint density at radius 1 is 1.32 bits per heavy atom. The van der Waals surface area contributed by atoms with Crippen LogP contribution in [0.2, 0.25) is 0 Å². The molecule has 0 fully saturated rings. The molecule has 0 aliphatic rings. The molecule has 4 nitrogen and oxygen atoms in total. The number of nitrogen functional groups attached to an aromatic ring is 1. The molecule has 19 heavy (non-hydrogen) atoms. The molecule has 2 rings (SSSR count). The molecule has 1 aromatic carbocycles. The average Bonchev–Trinajstić information content (AvgIpc) is 2.54. The van der Waals surface area contributed by atoms with Crippen LogP contribution in [0.25, 0.3) is 11.0 Å². The summed E-state index contributed by atoms with van der Waals surface area (Å²) >= 11 is 0. The summed E-state index contributed by atoms with van der Waals surface area (Å²) < 4.78 is 2.15. The van der Waals surface area contributed by atoms with Gasteiger partial charge in [-0.15, -0.1) is 0 Å². The summed E-state index contributed by atoms with van der Waals surface area (Å²) in [4.78, 5) is 6.67. The Labute approximate surface area is 115 Å². The Balaban J connectivity index is 2.43. The van der Waals surface area contributed by atoms with E-state index in [9.17, 15) is 0 Å². The first-order chi connectivity index (χ1) is 8.80. The second kappa shape index (κ2) is 4.85. The largest absolute Gasteiger partial charge is 0.369 e. The standard InChI is InChI=1S/C15H24N4/c1-11-7-6-8-12-13(11)19(14(16)17-12)10-15(2,3)9-18(4)5/h6-8H,9-10H2,1-5H3,(H2,16,17). The minimum absolute atomic E-state index is 0.146. The first-order valence-corrected chi connectivity index (χ1v) is 6.66. The van der Waals surface area contributed by atoms with Gasteiger partial charge in [-0.25, -0.2) is 4.98 Å². The third-order valence-corrected chi connectivity index (χ3v) is 3.33. The van der Waals surface area contributed by atoms with Gasteiger partial charge in [0.1, 0.15) is 0 Å². The van der Waals surface area contributed by atoms with Crippen LogP contribution in [0.4, 0.5) is 5.95 Å². The van der Waals surface area contributed by atoms with E-state index < -0.39 is 0 Å².